The van der Waals surface area contributed by atoms with E-state index in [9.17, 15) is 4.79 Å². The highest BCUT2D eigenvalue weighted by molar-refractivity contribution is 5.98. The zero-order chi connectivity index (χ0) is 11.5. The van der Waals surface area contributed by atoms with Gasteiger partial charge in [-0.1, -0.05) is 0 Å². The summed E-state index contributed by atoms with van der Waals surface area (Å²) in [7, 11) is 0. The molecular weight excluding hydrogens is 198 g/mol. The van der Waals surface area contributed by atoms with Gasteiger partial charge in [-0.05, 0) is 50.5 Å². The normalized spacial score (nSPS) is 14.8. The Balaban J connectivity index is 2.34. The van der Waals surface area contributed by atoms with Crippen molar-refractivity contribution in [3.63, 3.8) is 0 Å². The van der Waals surface area contributed by atoms with E-state index in [1.54, 1.807) is 0 Å². The topological polar surface area (TPSA) is 20.3 Å². The Morgan fingerprint density at radius 1 is 1.19 bits per heavy atom. The van der Waals surface area contributed by atoms with Crippen LogP contribution < -0.4 is 4.90 Å². The van der Waals surface area contributed by atoms with Crippen molar-refractivity contribution in [1.29, 1.82) is 0 Å². The molecular formula is C14H19NO. The SMILES string of the molecule is CCN(CC)c1ccc2c(c1)CCCC2=O. The molecule has 0 saturated carbocycles. The van der Waals surface area contributed by atoms with Crippen LogP contribution in [-0.4, -0.2) is 18.9 Å². The number of fused-ring (bicyclic) bond motifs is 1. The zero-order valence-electron chi connectivity index (χ0n) is 10.1. The highest BCUT2D eigenvalue weighted by atomic mass is 16.1. The number of Topliss-reactive ketones (excluding diaryl/α,β-unsaturated/α-hetero) is 1. The lowest BCUT2D eigenvalue weighted by Gasteiger charge is -2.23. The van der Waals surface area contributed by atoms with Gasteiger partial charge in [-0.15, -0.1) is 0 Å². The maximum Gasteiger partial charge on any atom is 0.163 e. The largest absolute Gasteiger partial charge is 0.372 e. The monoisotopic (exact) mass is 217 g/mol. The van der Waals surface area contributed by atoms with Crippen molar-refractivity contribution in [2.45, 2.75) is 33.1 Å². The fraction of sp³-hybridized carbons (Fsp3) is 0.500. The lowest BCUT2D eigenvalue weighted by atomic mass is 9.90. The second kappa shape index (κ2) is 4.69. The molecule has 0 amide bonds. The summed E-state index contributed by atoms with van der Waals surface area (Å²) in [4.78, 5) is 14.0. The van der Waals surface area contributed by atoms with E-state index >= 15 is 0 Å². The number of hydrogen-bond acceptors (Lipinski definition) is 2. The molecule has 1 aliphatic rings. The van der Waals surface area contributed by atoms with Gasteiger partial charge in [-0.3, -0.25) is 4.79 Å². The second-order valence-corrected chi connectivity index (χ2v) is 4.29. The molecule has 1 aromatic rings. The molecule has 2 rings (SSSR count). The number of carbonyl (C=O) groups is 1. The third-order valence-electron chi connectivity index (χ3n) is 3.37. The molecule has 0 N–H and O–H groups in total. The van der Waals surface area contributed by atoms with Gasteiger partial charge in [0.2, 0.25) is 0 Å². The molecule has 0 fully saturated rings. The van der Waals surface area contributed by atoms with E-state index in [2.05, 4.69) is 30.9 Å². The molecule has 0 saturated heterocycles. The van der Waals surface area contributed by atoms with Crippen LogP contribution in [0.4, 0.5) is 5.69 Å². The number of rotatable bonds is 3. The van der Waals surface area contributed by atoms with Gasteiger partial charge in [0.25, 0.3) is 0 Å². The number of aryl methyl sites for hydroxylation is 1. The lowest BCUT2D eigenvalue weighted by molar-refractivity contribution is 0.0972. The maximum absolute atomic E-state index is 11.7. The van der Waals surface area contributed by atoms with Crippen LogP contribution in [0.15, 0.2) is 18.2 Å². The number of ketones is 1. The third kappa shape index (κ3) is 1.97. The van der Waals surface area contributed by atoms with Crippen LogP contribution in [0.25, 0.3) is 0 Å². The summed E-state index contributed by atoms with van der Waals surface area (Å²) in [5.74, 6) is 0.312. The number of carbonyl (C=O) groups excluding carboxylic acids is 1. The van der Waals surface area contributed by atoms with Gasteiger partial charge in [0.1, 0.15) is 0 Å². The second-order valence-electron chi connectivity index (χ2n) is 4.29. The van der Waals surface area contributed by atoms with E-state index in [0.717, 1.165) is 37.9 Å². The lowest BCUT2D eigenvalue weighted by Crippen LogP contribution is -2.22. The predicted octanol–water partition coefficient (Wildman–Crippen LogP) is 3.05. The average Bonchev–Trinajstić information content (AvgIpc) is 2.31. The molecule has 0 atom stereocenters. The van der Waals surface area contributed by atoms with Gasteiger partial charge in [0, 0.05) is 30.8 Å². The molecule has 2 heteroatoms. The van der Waals surface area contributed by atoms with Gasteiger partial charge in [0.05, 0.1) is 0 Å². The number of hydrogen-bond donors (Lipinski definition) is 0. The van der Waals surface area contributed by atoms with Crippen LogP contribution >= 0.6 is 0 Å². The van der Waals surface area contributed by atoms with Crippen molar-refractivity contribution < 1.29 is 4.79 Å². The minimum Gasteiger partial charge on any atom is -0.372 e. The third-order valence-corrected chi connectivity index (χ3v) is 3.37. The number of anilines is 1. The van der Waals surface area contributed by atoms with Crippen LogP contribution in [-0.2, 0) is 6.42 Å². The minimum atomic E-state index is 0.312. The number of nitrogens with zero attached hydrogens (tertiary/aromatic N) is 1. The molecule has 16 heavy (non-hydrogen) atoms. The average molecular weight is 217 g/mol. The van der Waals surface area contributed by atoms with Crippen LogP contribution in [0.5, 0.6) is 0 Å². The van der Waals surface area contributed by atoms with E-state index in [1.165, 1.54) is 11.3 Å². The van der Waals surface area contributed by atoms with Crippen molar-refractivity contribution in [2.75, 3.05) is 18.0 Å². The summed E-state index contributed by atoms with van der Waals surface area (Å²) < 4.78 is 0. The molecule has 1 aliphatic carbocycles. The Labute approximate surface area is 97.3 Å². The van der Waals surface area contributed by atoms with Gasteiger partial charge >= 0.3 is 0 Å². The van der Waals surface area contributed by atoms with E-state index < -0.39 is 0 Å². The molecule has 0 unspecified atom stereocenters. The van der Waals surface area contributed by atoms with E-state index in [1.807, 2.05) is 6.07 Å². The molecule has 0 spiro atoms. The van der Waals surface area contributed by atoms with Gasteiger partial charge in [-0.25, -0.2) is 0 Å². The Morgan fingerprint density at radius 2 is 1.94 bits per heavy atom. The van der Waals surface area contributed by atoms with Gasteiger partial charge in [0.15, 0.2) is 5.78 Å². The first-order valence-corrected chi connectivity index (χ1v) is 6.17. The summed E-state index contributed by atoms with van der Waals surface area (Å²) in [5.41, 5.74) is 3.43. The first-order chi connectivity index (χ1) is 7.76. The fourth-order valence-electron chi connectivity index (χ4n) is 2.42. The molecule has 0 heterocycles. The van der Waals surface area contributed by atoms with Crippen molar-refractivity contribution >= 4 is 11.5 Å². The molecule has 1 aromatic carbocycles. The quantitative estimate of drug-likeness (QED) is 0.775. The van der Waals surface area contributed by atoms with Crippen molar-refractivity contribution in [1.82, 2.24) is 0 Å². The van der Waals surface area contributed by atoms with E-state index in [-0.39, 0.29) is 0 Å². The van der Waals surface area contributed by atoms with E-state index in [4.69, 9.17) is 0 Å². The Bertz CT molecular complexity index is 394. The summed E-state index contributed by atoms with van der Waals surface area (Å²) in [6.45, 7) is 6.36. The predicted molar refractivity (Wildman–Crippen MR) is 67.3 cm³/mol. The highest BCUT2D eigenvalue weighted by Gasteiger charge is 2.17. The Hall–Kier alpha value is -1.31. The Morgan fingerprint density at radius 3 is 2.62 bits per heavy atom. The molecule has 2 nitrogen and oxygen atoms in total. The van der Waals surface area contributed by atoms with Gasteiger partial charge < -0.3 is 4.90 Å². The molecule has 0 aromatic heterocycles. The van der Waals surface area contributed by atoms with Crippen LogP contribution in [0.1, 0.15) is 42.6 Å². The summed E-state index contributed by atoms with van der Waals surface area (Å²) in [6, 6.07) is 6.28. The minimum absolute atomic E-state index is 0.312. The summed E-state index contributed by atoms with van der Waals surface area (Å²) in [6.07, 6.45) is 2.78. The molecule has 86 valence electrons. The summed E-state index contributed by atoms with van der Waals surface area (Å²) >= 11 is 0. The van der Waals surface area contributed by atoms with Crippen LogP contribution in [0.2, 0.25) is 0 Å². The van der Waals surface area contributed by atoms with Crippen molar-refractivity contribution in [3.8, 4) is 0 Å². The zero-order valence-corrected chi connectivity index (χ0v) is 10.1. The fourth-order valence-corrected chi connectivity index (χ4v) is 2.42. The molecule has 0 bridgehead atoms. The number of benzene rings is 1. The summed E-state index contributed by atoms with van der Waals surface area (Å²) in [5, 5.41) is 0. The van der Waals surface area contributed by atoms with Crippen LogP contribution in [0.3, 0.4) is 0 Å². The van der Waals surface area contributed by atoms with Crippen LogP contribution in [0, 0.1) is 0 Å². The van der Waals surface area contributed by atoms with Gasteiger partial charge in [-0.2, -0.15) is 0 Å². The Kier molecular flexibility index (Phi) is 3.28. The first-order valence-electron chi connectivity index (χ1n) is 6.17. The molecule has 0 radical (unpaired) electrons. The van der Waals surface area contributed by atoms with Crippen molar-refractivity contribution in [2.24, 2.45) is 0 Å². The smallest absolute Gasteiger partial charge is 0.163 e. The highest BCUT2D eigenvalue weighted by Crippen LogP contribution is 2.26. The first kappa shape index (κ1) is 11.2. The van der Waals surface area contributed by atoms with Crippen molar-refractivity contribution in [3.05, 3.63) is 29.3 Å². The standard InChI is InChI=1S/C14H19NO/c1-3-15(4-2)12-8-9-13-11(10-12)6-5-7-14(13)16/h8-10H,3-7H2,1-2H3. The molecule has 0 aliphatic heterocycles. The van der Waals surface area contributed by atoms with E-state index in [0.29, 0.717) is 5.78 Å². The maximum atomic E-state index is 11.7.